The summed E-state index contributed by atoms with van der Waals surface area (Å²) in [4.78, 5) is 15.0. The number of carbonyl (C=O) groups excluding carboxylic acids is 1. The minimum Gasteiger partial charge on any atom is -0.546 e. The zero-order valence-electron chi connectivity index (χ0n) is 16.7. The Hall–Kier alpha value is -3.02. The van der Waals surface area contributed by atoms with Gasteiger partial charge in [0.05, 0.1) is 25.8 Å². The highest BCUT2D eigenvalue weighted by Crippen LogP contribution is 2.33. The van der Waals surface area contributed by atoms with Gasteiger partial charge < -0.3 is 19.4 Å². The summed E-state index contributed by atoms with van der Waals surface area (Å²) in [7, 11) is 3.18. The zero-order valence-corrected chi connectivity index (χ0v) is 16.7. The van der Waals surface area contributed by atoms with E-state index in [0.717, 1.165) is 23.1 Å². The van der Waals surface area contributed by atoms with Gasteiger partial charge in [0.2, 0.25) is 0 Å². The van der Waals surface area contributed by atoms with E-state index in [1.807, 2.05) is 42.5 Å². The van der Waals surface area contributed by atoms with E-state index in [2.05, 4.69) is 24.2 Å². The highest BCUT2D eigenvalue weighted by atomic mass is 16.5. The molecule has 148 valence electrons. The number of nitrogens with one attached hydrogen (secondary N) is 2. The van der Waals surface area contributed by atoms with Crippen LogP contribution in [0.15, 0.2) is 42.5 Å². The molecule has 1 heterocycles. The van der Waals surface area contributed by atoms with Crippen LogP contribution in [0.2, 0.25) is 0 Å². The van der Waals surface area contributed by atoms with Crippen LogP contribution < -0.4 is 24.9 Å². The Morgan fingerprint density at radius 1 is 1.18 bits per heavy atom. The molecule has 2 N–H and O–H groups in total. The summed E-state index contributed by atoms with van der Waals surface area (Å²) in [5.41, 5.74) is 2.60. The lowest BCUT2D eigenvalue weighted by Gasteiger charge is -2.30. The van der Waals surface area contributed by atoms with Crippen molar-refractivity contribution in [3.63, 3.8) is 0 Å². The van der Waals surface area contributed by atoms with Crippen molar-refractivity contribution in [1.82, 2.24) is 5.32 Å². The fraction of sp³-hybridized carbons (Fsp3) is 0.364. The van der Waals surface area contributed by atoms with Gasteiger partial charge in [-0.25, -0.2) is 0 Å². The molecule has 0 spiro atoms. The Morgan fingerprint density at radius 2 is 1.82 bits per heavy atom. The molecule has 1 atom stereocenters. The van der Waals surface area contributed by atoms with Crippen molar-refractivity contribution >= 4 is 11.8 Å². The topological polar surface area (TPSA) is 84.6 Å². The molecule has 0 fully saturated rings. The van der Waals surface area contributed by atoms with E-state index in [1.165, 1.54) is 0 Å². The van der Waals surface area contributed by atoms with Crippen LogP contribution >= 0.6 is 0 Å². The number of benzene rings is 2. The third-order valence-corrected chi connectivity index (χ3v) is 4.86. The van der Waals surface area contributed by atoms with Crippen LogP contribution in [-0.4, -0.2) is 37.6 Å². The largest absolute Gasteiger partial charge is 0.546 e. The molecule has 0 aliphatic carbocycles. The number of hydrogen-bond acceptors (Lipinski definition) is 4. The molecule has 2 aromatic rings. The Morgan fingerprint density at radius 3 is 2.43 bits per heavy atom. The van der Waals surface area contributed by atoms with Gasteiger partial charge >= 0.3 is 0 Å². The first-order chi connectivity index (χ1) is 13.3. The van der Waals surface area contributed by atoms with Gasteiger partial charge in [-0.1, -0.05) is 30.3 Å². The molecule has 0 unspecified atom stereocenters. The van der Waals surface area contributed by atoms with Crippen LogP contribution in [0.3, 0.4) is 0 Å². The van der Waals surface area contributed by atoms with Crippen LogP contribution in [0.4, 0.5) is 0 Å². The number of amidine groups is 1. The number of carboxylic acid groups (broad SMARTS) is 1. The van der Waals surface area contributed by atoms with E-state index in [0.29, 0.717) is 23.8 Å². The van der Waals surface area contributed by atoms with Gasteiger partial charge in [-0.05, 0) is 37.1 Å². The van der Waals surface area contributed by atoms with Crippen LogP contribution in [0, 0.1) is 0 Å². The molecule has 6 heteroatoms. The van der Waals surface area contributed by atoms with Crippen molar-refractivity contribution in [3.05, 3.63) is 59.2 Å². The van der Waals surface area contributed by atoms with E-state index >= 15 is 0 Å². The first-order valence-electron chi connectivity index (χ1n) is 9.24. The maximum Gasteiger partial charge on any atom is 0.276 e. The second kappa shape index (κ2) is 7.92. The average Bonchev–Trinajstić information content (AvgIpc) is 2.66. The molecular weight excluding hydrogens is 356 g/mol. The number of carboxylic acids is 1. The number of ether oxygens (including phenoxy) is 2. The van der Waals surface area contributed by atoms with Crippen molar-refractivity contribution in [1.29, 1.82) is 0 Å². The maximum absolute atomic E-state index is 11.8. The third kappa shape index (κ3) is 4.27. The van der Waals surface area contributed by atoms with Gasteiger partial charge in [0.15, 0.2) is 11.5 Å². The molecule has 1 aliphatic rings. The summed E-state index contributed by atoms with van der Waals surface area (Å²) >= 11 is 0. The van der Waals surface area contributed by atoms with E-state index in [1.54, 1.807) is 14.2 Å². The predicted molar refractivity (Wildman–Crippen MR) is 104 cm³/mol. The highest BCUT2D eigenvalue weighted by Gasteiger charge is 2.36. The van der Waals surface area contributed by atoms with Crippen molar-refractivity contribution in [3.8, 4) is 11.5 Å². The van der Waals surface area contributed by atoms with Gasteiger partial charge in [-0.3, -0.25) is 10.3 Å². The first-order valence-corrected chi connectivity index (χ1v) is 9.24. The second-order valence-electron chi connectivity index (χ2n) is 7.63. The second-order valence-corrected chi connectivity index (χ2v) is 7.63. The zero-order chi connectivity index (χ0) is 20.3. The van der Waals surface area contributed by atoms with E-state index < -0.39 is 12.0 Å². The fourth-order valence-electron chi connectivity index (χ4n) is 3.56. The Bertz CT molecular complexity index is 891. The van der Waals surface area contributed by atoms with Crippen molar-refractivity contribution in [2.75, 3.05) is 14.2 Å². The summed E-state index contributed by atoms with van der Waals surface area (Å²) < 4.78 is 10.9. The molecule has 2 aromatic carbocycles. The van der Waals surface area contributed by atoms with Crippen molar-refractivity contribution < 1.29 is 24.4 Å². The molecule has 6 nitrogen and oxygen atoms in total. The van der Waals surface area contributed by atoms with Gasteiger partial charge in [0.25, 0.3) is 5.84 Å². The molecule has 0 radical (unpaired) electrons. The van der Waals surface area contributed by atoms with Crippen molar-refractivity contribution in [2.45, 2.75) is 38.3 Å². The summed E-state index contributed by atoms with van der Waals surface area (Å²) in [5.74, 6) is 0.745. The molecule has 28 heavy (non-hydrogen) atoms. The minimum atomic E-state index is -1.15. The fourth-order valence-corrected chi connectivity index (χ4v) is 3.56. The normalized spacial score (nSPS) is 17.4. The van der Waals surface area contributed by atoms with E-state index in [9.17, 15) is 9.90 Å². The summed E-state index contributed by atoms with van der Waals surface area (Å²) in [6, 6.07) is 12.4. The summed E-state index contributed by atoms with van der Waals surface area (Å²) in [6.45, 7) is 4.14. The van der Waals surface area contributed by atoms with Crippen LogP contribution in [0.1, 0.15) is 30.5 Å². The Kier molecular flexibility index (Phi) is 5.58. The van der Waals surface area contributed by atoms with Gasteiger partial charge in [0.1, 0.15) is 11.6 Å². The van der Waals surface area contributed by atoms with Gasteiger partial charge in [-0.2, -0.15) is 0 Å². The van der Waals surface area contributed by atoms with Crippen LogP contribution in [-0.2, 0) is 17.6 Å². The lowest BCUT2D eigenvalue weighted by molar-refractivity contribution is -0.507. The lowest BCUT2D eigenvalue weighted by Crippen LogP contribution is -2.87. The number of fused-ring (bicyclic) bond motifs is 1. The Labute approximate surface area is 165 Å². The lowest BCUT2D eigenvalue weighted by atomic mass is 9.86. The minimum absolute atomic E-state index is 0.252. The molecule has 0 saturated carbocycles. The number of aliphatic carboxylic acids is 1. The summed E-state index contributed by atoms with van der Waals surface area (Å²) in [6.07, 6.45) is 1.08. The maximum atomic E-state index is 11.8. The Balaban J connectivity index is 2.05. The van der Waals surface area contributed by atoms with Crippen LogP contribution in [0.25, 0.3) is 0 Å². The average molecular weight is 382 g/mol. The molecule has 0 aromatic heterocycles. The third-order valence-electron chi connectivity index (χ3n) is 4.86. The molecule has 0 amide bonds. The number of carbonyl (C=O) groups is 1. The summed E-state index contributed by atoms with van der Waals surface area (Å²) in [5, 5.41) is 15.2. The first kappa shape index (κ1) is 19.7. The number of methoxy groups -OCH3 is 2. The standard InChI is InChI=1S/C22H26N2O4/c1-22(2)13-15-11-18(27-3)19(28-4)12-16(15)20(24-22)23-17(21(25)26)10-14-8-6-5-7-9-14/h5-9,11-12,17H,10,13H2,1-4H3,(H,23,24)(H,25,26)/t17-/m1/s1. The SMILES string of the molecule is COc1cc2c(cc1OC)C(=[NH+][C@H](Cc1ccccc1)C(=O)[O-])NC(C)(C)C2. The molecule has 0 saturated heterocycles. The highest BCUT2D eigenvalue weighted by molar-refractivity contribution is 5.98. The van der Waals surface area contributed by atoms with Gasteiger partial charge in [-0.15, -0.1) is 0 Å². The monoisotopic (exact) mass is 382 g/mol. The molecule has 1 aliphatic heterocycles. The predicted octanol–water partition coefficient (Wildman–Crippen LogP) is -0.183. The quantitative estimate of drug-likeness (QED) is 0.724. The number of rotatable bonds is 6. The molecule has 3 rings (SSSR count). The molecular formula is C22H26N2O4. The van der Waals surface area contributed by atoms with E-state index in [4.69, 9.17) is 9.47 Å². The smallest absolute Gasteiger partial charge is 0.276 e. The number of hydrogen-bond donors (Lipinski definition) is 2. The van der Waals surface area contributed by atoms with Crippen molar-refractivity contribution in [2.24, 2.45) is 0 Å². The van der Waals surface area contributed by atoms with E-state index in [-0.39, 0.29) is 5.54 Å². The molecule has 0 bridgehead atoms. The van der Waals surface area contributed by atoms with Crippen LogP contribution in [0.5, 0.6) is 11.5 Å². The van der Waals surface area contributed by atoms with Gasteiger partial charge in [0, 0.05) is 12.8 Å².